The largest absolute Gasteiger partial charge is 0.351 e. The Hall–Kier alpha value is -0.420. The smallest absolute Gasteiger partial charge is 0.230 e. The van der Waals surface area contributed by atoms with Gasteiger partial charge in [0.05, 0.1) is 5.75 Å². The molecule has 3 N–H and O–H groups in total. The lowest BCUT2D eigenvalue weighted by atomic mass is 10.2. The first kappa shape index (κ1) is 17.6. The van der Waals surface area contributed by atoms with Crippen molar-refractivity contribution in [3.05, 3.63) is 34.9 Å². The van der Waals surface area contributed by atoms with E-state index < -0.39 is 0 Å². The van der Waals surface area contributed by atoms with Crippen molar-refractivity contribution in [2.45, 2.75) is 24.6 Å². The predicted octanol–water partition coefficient (Wildman–Crippen LogP) is 2.85. The quantitative estimate of drug-likeness (QED) is 0.806. The molecular weight excluding hydrogens is 315 g/mol. The molecule has 6 heteroatoms. The Morgan fingerprint density at radius 3 is 2.85 bits per heavy atom. The average Bonchev–Trinajstić information content (AvgIpc) is 3.20. The van der Waals surface area contributed by atoms with Gasteiger partial charge in [0.2, 0.25) is 5.91 Å². The molecular formula is C14H20Cl2N2OS. The maximum Gasteiger partial charge on any atom is 0.230 e. The minimum atomic E-state index is 0. The van der Waals surface area contributed by atoms with Crippen LogP contribution in [-0.2, 0) is 10.5 Å². The highest BCUT2D eigenvalue weighted by Crippen LogP contribution is 2.32. The topological polar surface area (TPSA) is 55.1 Å². The second-order valence-electron chi connectivity index (χ2n) is 4.87. The highest BCUT2D eigenvalue weighted by Gasteiger charge is 2.30. The van der Waals surface area contributed by atoms with Crippen molar-refractivity contribution in [1.29, 1.82) is 0 Å². The summed E-state index contributed by atoms with van der Waals surface area (Å²) in [7, 11) is 0. The molecule has 112 valence electrons. The highest BCUT2D eigenvalue weighted by atomic mass is 35.5. The van der Waals surface area contributed by atoms with Crippen molar-refractivity contribution in [2.24, 2.45) is 11.7 Å². The fourth-order valence-electron chi connectivity index (χ4n) is 2.00. The second-order valence-corrected chi connectivity index (χ2v) is 6.29. The van der Waals surface area contributed by atoms with E-state index in [0.29, 0.717) is 18.2 Å². The summed E-state index contributed by atoms with van der Waals surface area (Å²) in [4.78, 5) is 11.8. The normalized spacial score (nSPS) is 15.3. The lowest BCUT2D eigenvalue weighted by molar-refractivity contribution is -0.119. The molecule has 1 unspecified atom stereocenters. The number of carbonyl (C=O) groups excluding carboxylic acids is 1. The fourth-order valence-corrected chi connectivity index (χ4v) is 3.00. The summed E-state index contributed by atoms with van der Waals surface area (Å²) >= 11 is 7.51. The number of hydrogen-bond donors (Lipinski definition) is 2. The van der Waals surface area contributed by atoms with Crippen molar-refractivity contribution >= 4 is 41.7 Å². The van der Waals surface area contributed by atoms with Crippen LogP contribution in [0.4, 0.5) is 0 Å². The van der Waals surface area contributed by atoms with Gasteiger partial charge in [-0.3, -0.25) is 4.79 Å². The van der Waals surface area contributed by atoms with E-state index in [-0.39, 0.29) is 24.4 Å². The van der Waals surface area contributed by atoms with Crippen molar-refractivity contribution in [3.63, 3.8) is 0 Å². The monoisotopic (exact) mass is 334 g/mol. The van der Waals surface area contributed by atoms with Crippen molar-refractivity contribution in [2.75, 3.05) is 12.3 Å². The molecule has 1 saturated carbocycles. The standard InChI is InChI=1S/C14H19ClN2OS.ClH/c15-12-3-1-2-10(6-12)8-19-9-14(18)17-13(7-16)11-4-5-11;/h1-3,6,11,13H,4-5,7-9,16H2,(H,17,18);1H. The van der Waals surface area contributed by atoms with Gasteiger partial charge in [-0.05, 0) is 36.5 Å². The molecule has 0 radical (unpaired) electrons. The molecule has 1 fully saturated rings. The Labute approximate surface area is 135 Å². The van der Waals surface area contributed by atoms with Crippen LogP contribution in [0.2, 0.25) is 5.02 Å². The maximum atomic E-state index is 11.8. The number of thioether (sulfide) groups is 1. The number of benzene rings is 1. The average molecular weight is 335 g/mol. The zero-order valence-electron chi connectivity index (χ0n) is 11.2. The van der Waals surface area contributed by atoms with Gasteiger partial charge in [0.15, 0.2) is 0 Å². The van der Waals surface area contributed by atoms with Crippen LogP contribution in [0, 0.1) is 5.92 Å². The van der Waals surface area contributed by atoms with E-state index in [0.717, 1.165) is 16.3 Å². The van der Waals surface area contributed by atoms with E-state index in [1.165, 1.54) is 12.8 Å². The second kappa shape index (κ2) is 8.78. The van der Waals surface area contributed by atoms with E-state index in [1.807, 2.05) is 24.3 Å². The van der Waals surface area contributed by atoms with Gasteiger partial charge in [-0.2, -0.15) is 0 Å². The van der Waals surface area contributed by atoms with E-state index >= 15 is 0 Å². The van der Waals surface area contributed by atoms with Crippen LogP contribution in [0.3, 0.4) is 0 Å². The summed E-state index contributed by atoms with van der Waals surface area (Å²) in [6, 6.07) is 7.89. The minimum absolute atomic E-state index is 0. The van der Waals surface area contributed by atoms with E-state index in [1.54, 1.807) is 11.8 Å². The Bertz CT molecular complexity index is 441. The first-order chi connectivity index (χ1) is 9.19. The molecule has 1 aromatic rings. The van der Waals surface area contributed by atoms with Gasteiger partial charge in [0.25, 0.3) is 0 Å². The number of halogens is 2. The molecule has 2 rings (SSSR count). The van der Waals surface area contributed by atoms with E-state index in [9.17, 15) is 4.79 Å². The summed E-state index contributed by atoms with van der Waals surface area (Å²) in [5.41, 5.74) is 6.80. The van der Waals surface area contributed by atoms with Crippen LogP contribution < -0.4 is 11.1 Å². The molecule has 1 aliphatic rings. The molecule has 20 heavy (non-hydrogen) atoms. The maximum absolute atomic E-state index is 11.8. The molecule has 1 aliphatic carbocycles. The van der Waals surface area contributed by atoms with Gasteiger partial charge < -0.3 is 11.1 Å². The van der Waals surface area contributed by atoms with Crippen molar-refractivity contribution in [3.8, 4) is 0 Å². The number of hydrogen-bond acceptors (Lipinski definition) is 3. The Kier molecular flexibility index (Phi) is 7.74. The predicted molar refractivity (Wildman–Crippen MR) is 88.6 cm³/mol. The lowest BCUT2D eigenvalue weighted by Crippen LogP contribution is -2.42. The summed E-state index contributed by atoms with van der Waals surface area (Å²) < 4.78 is 0. The fraction of sp³-hybridized carbons (Fsp3) is 0.500. The van der Waals surface area contributed by atoms with Gasteiger partial charge in [0.1, 0.15) is 0 Å². The van der Waals surface area contributed by atoms with Gasteiger partial charge >= 0.3 is 0 Å². The van der Waals surface area contributed by atoms with E-state index in [4.69, 9.17) is 17.3 Å². The van der Waals surface area contributed by atoms with Crippen molar-refractivity contribution < 1.29 is 4.79 Å². The number of carbonyl (C=O) groups is 1. The number of nitrogens with two attached hydrogens (primary N) is 1. The summed E-state index contributed by atoms with van der Waals surface area (Å²) in [5.74, 6) is 1.95. The third-order valence-electron chi connectivity index (χ3n) is 3.18. The first-order valence-electron chi connectivity index (χ1n) is 6.50. The van der Waals surface area contributed by atoms with Crippen LogP contribution in [0.1, 0.15) is 18.4 Å². The van der Waals surface area contributed by atoms with E-state index in [2.05, 4.69) is 5.32 Å². The summed E-state index contributed by atoms with van der Waals surface area (Å²) in [6.45, 7) is 0.537. The number of rotatable bonds is 7. The third kappa shape index (κ3) is 5.92. The minimum Gasteiger partial charge on any atom is -0.351 e. The molecule has 0 aliphatic heterocycles. The Balaban J connectivity index is 0.00000200. The molecule has 1 amide bonds. The Morgan fingerprint density at radius 2 is 2.25 bits per heavy atom. The van der Waals surface area contributed by atoms with Crippen LogP contribution in [-0.4, -0.2) is 24.2 Å². The van der Waals surface area contributed by atoms with Gasteiger partial charge in [-0.25, -0.2) is 0 Å². The van der Waals surface area contributed by atoms with Crippen LogP contribution in [0.25, 0.3) is 0 Å². The zero-order chi connectivity index (χ0) is 13.7. The van der Waals surface area contributed by atoms with Crippen LogP contribution >= 0.6 is 35.8 Å². The zero-order valence-corrected chi connectivity index (χ0v) is 13.6. The Morgan fingerprint density at radius 1 is 1.50 bits per heavy atom. The van der Waals surface area contributed by atoms with Crippen LogP contribution in [0.15, 0.2) is 24.3 Å². The first-order valence-corrected chi connectivity index (χ1v) is 8.04. The molecule has 0 aromatic heterocycles. The highest BCUT2D eigenvalue weighted by molar-refractivity contribution is 7.99. The molecule has 1 aromatic carbocycles. The van der Waals surface area contributed by atoms with Gasteiger partial charge in [-0.1, -0.05) is 23.7 Å². The SMILES string of the molecule is Cl.NCC(NC(=O)CSCc1cccc(Cl)c1)C1CC1. The van der Waals surface area contributed by atoms with Gasteiger partial charge in [0, 0.05) is 23.4 Å². The molecule has 0 bridgehead atoms. The number of amides is 1. The molecule has 0 heterocycles. The third-order valence-corrected chi connectivity index (χ3v) is 4.42. The van der Waals surface area contributed by atoms with Crippen molar-refractivity contribution in [1.82, 2.24) is 5.32 Å². The van der Waals surface area contributed by atoms with Crippen LogP contribution in [0.5, 0.6) is 0 Å². The molecule has 3 nitrogen and oxygen atoms in total. The molecule has 1 atom stereocenters. The number of nitrogens with one attached hydrogen (secondary N) is 1. The summed E-state index contributed by atoms with van der Waals surface area (Å²) in [6.07, 6.45) is 2.38. The lowest BCUT2D eigenvalue weighted by Gasteiger charge is -2.15. The summed E-state index contributed by atoms with van der Waals surface area (Å²) in [5, 5.41) is 3.75. The molecule has 0 saturated heterocycles. The molecule has 0 spiro atoms. The van der Waals surface area contributed by atoms with Gasteiger partial charge in [-0.15, -0.1) is 24.2 Å².